The van der Waals surface area contributed by atoms with E-state index in [1.807, 2.05) is 7.05 Å². The SMILES string of the molecule is CCC(NC)c1nnc(C2CCC(C)O2)s1. The van der Waals surface area contributed by atoms with Crippen molar-refractivity contribution >= 4 is 11.3 Å². The van der Waals surface area contributed by atoms with Crippen LogP contribution >= 0.6 is 11.3 Å². The van der Waals surface area contributed by atoms with E-state index in [0.717, 1.165) is 29.3 Å². The molecular weight excluding hydrogens is 222 g/mol. The molecule has 1 N–H and O–H groups in total. The average Bonchev–Trinajstić information content (AvgIpc) is 2.89. The lowest BCUT2D eigenvalue weighted by Gasteiger charge is -2.09. The first-order chi connectivity index (χ1) is 7.74. The molecule has 4 nitrogen and oxygen atoms in total. The van der Waals surface area contributed by atoms with Crippen molar-refractivity contribution in [2.45, 2.75) is 51.4 Å². The van der Waals surface area contributed by atoms with Gasteiger partial charge in [0.1, 0.15) is 16.1 Å². The Bertz CT molecular complexity index is 338. The monoisotopic (exact) mass is 241 g/mol. The van der Waals surface area contributed by atoms with Gasteiger partial charge in [-0.25, -0.2) is 0 Å². The van der Waals surface area contributed by atoms with Gasteiger partial charge in [0, 0.05) is 0 Å². The van der Waals surface area contributed by atoms with Crippen LogP contribution in [-0.2, 0) is 4.74 Å². The lowest BCUT2D eigenvalue weighted by atomic mass is 10.2. The number of hydrogen-bond acceptors (Lipinski definition) is 5. The Kier molecular flexibility index (Phi) is 3.89. The highest BCUT2D eigenvalue weighted by molar-refractivity contribution is 7.11. The van der Waals surface area contributed by atoms with Gasteiger partial charge in [-0.2, -0.15) is 0 Å². The van der Waals surface area contributed by atoms with Crippen LogP contribution < -0.4 is 5.32 Å². The average molecular weight is 241 g/mol. The summed E-state index contributed by atoms with van der Waals surface area (Å²) in [6, 6.07) is 0.324. The molecule has 1 saturated heterocycles. The van der Waals surface area contributed by atoms with Crippen LogP contribution in [0.3, 0.4) is 0 Å². The van der Waals surface area contributed by atoms with Crippen molar-refractivity contribution < 1.29 is 4.74 Å². The first kappa shape index (κ1) is 12.0. The molecule has 16 heavy (non-hydrogen) atoms. The Morgan fingerprint density at radius 1 is 1.50 bits per heavy atom. The minimum absolute atomic E-state index is 0.176. The largest absolute Gasteiger partial charge is 0.368 e. The number of aromatic nitrogens is 2. The third kappa shape index (κ3) is 2.42. The number of rotatable bonds is 4. The van der Waals surface area contributed by atoms with E-state index in [2.05, 4.69) is 29.4 Å². The molecule has 5 heteroatoms. The first-order valence-corrected chi connectivity index (χ1v) is 6.72. The molecule has 1 aliphatic heterocycles. The Hall–Kier alpha value is -0.520. The van der Waals surface area contributed by atoms with Gasteiger partial charge >= 0.3 is 0 Å². The molecule has 3 unspecified atom stereocenters. The summed E-state index contributed by atoms with van der Waals surface area (Å²) in [7, 11) is 1.96. The summed E-state index contributed by atoms with van der Waals surface area (Å²) in [6.45, 7) is 4.26. The van der Waals surface area contributed by atoms with Gasteiger partial charge in [-0.3, -0.25) is 0 Å². The van der Waals surface area contributed by atoms with Gasteiger partial charge in [-0.1, -0.05) is 18.3 Å². The van der Waals surface area contributed by atoms with Gasteiger partial charge in [0.15, 0.2) is 0 Å². The van der Waals surface area contributed by atoms with Gasteiger partial charge in [-0.05, 0) is 33.2 Å². The van der Waals surface area contributed by atoms with Crippen LogP contribution in [0, 0.1) is 0 Å². The van der Waals surface area contributed by atoms with E-state index in [1.54, 1.807) is 11.3 Å². The molecule has 0 radical (unpaired) electrons. The van der Waals surface area contributed by atoms with Gasteiger partial charge < -0.3 is 10.1 Å². The molecule has 2 rings (SSSR count). The predicted octanol–water partition coefficient (Wildman–Crippen LogP) is 2.45. The number of nitrogens with one attached hydrogen (secondary N) is 1. The van der Waals surface area contributed by atoms with E-state index >= 15 is 0 Å². The fourth-order valence-electron chi connectivity index (χ4n) is 2.00. The summed E-state index contributed by atoms with van der Waals surface area (Å²) >= 11 is 1.68. The number of nitrogens with zero attached hydrogens (tertiary/aromatic N) is 2. The molecule has 2 heterocycles. The molecule has 0 aliphatic carbocycles. The quantitative estimate of drug-likeness (QED) is 0.879. The van der Waals surface area contributed by atoms with Crippen molar-refractivity contribution in [2.24, 2.45) is 0 Å². The van der Waals surface area contributed by atoms with Crippen LogP contribution in [0.25, 0.3) is 0 Å². The molecule has 1 fully saturated rings. The van der Waals surface area contributed by atoms with Crippen molar-refractivity contribution in [2.75, 3.05) is 7.05 Å². The van der Waals surface area contributed by atoms with Crippen LogP contribution in [0.2, 0.25) is 0 Å². The normalized spacial score (nSPS) is 27.2. The highest BCUT2D eigenvalue weighted by atomic mass is 32.1. The summed E-state index contributed by atoms with van der Waals surface area (Å²) < 4.78 is 5.80. The second-order valence-electron chi connectivity index (χ2n) is 4.24. The Morgan fingerprint density at radius 2 is 2.31 bits per heavy atom. The number of ether oxygens (including phenoxy) is 1. The Balaban J connectivity index is 2.07. The fourth-order valence-corrected chi connectivity index (χ4v) is 3.11. The smallest absolute Gasteiger partial charge is 0.146 e. The standard InChI is InChI=1S/C11H19N3OS/c1-4-8(12-3)10-13-14-11(16-10)9-6-5-7(2)15-9/h7-9,12H,4-6H2,1-3H3. The Labute approximate surface area is 100 Å². The van der Waals surface area contributed by atoms with Crippen molar-refractivity contribution in [3.05, 3.63) is 10.0 Å². The predicted molar refractivity (Wildman–Crippen MR) is 64.5 cm³/mol. The summed E-state index contributed by atoms with van der Waals surface area (Å²) in [5.41, 5.74) is 0. The maximum Gasteiger partial charge on any atom is 0.146 e. The molecule has 1 aliphatic rings. The lowest BCUT2D eigenvalue weighted by Crippen LogP contribution is -2.14. The van der Waals surface area contributed by atoms with Gasteiger partial charge in [-0.15, -0.1) is 10.2 Å². The molecule has 0 amide bonds. The third-order valence-electron chi connectivity index (χ3n) is 3.02. The van der Waals surface area contributed by atoms with E-state index in [4.69, 9.17) is 4.74 Å². The first-order valence-electron chi connectivity index (χ1n) is 5.90. The lowest BCUT2D eigenvalue weighted by molar-refractivity contribution is 0.0550. The zero-order valence-electron chi connectivity index (χ0n) is 10.1. The van der Waals surface area contributed by atoms with Crippen LogP contribution in [0.1, 0.15) is 55.3 Å². The molecule has 0 spiro atoms. The Morgan fingerprint density at radius 3 is 2.88 bits per heavy atom. The fraction of sp³-hybridized carbons (Fsp3) is 0.818. The highest BCUT2D eigenvalue weighted by Gasteiger charge is 2.27. The zero-order chi connectivity index (χ0) is 11.5. The van der Waals surface area contributed by atoms with E-state index in [9.17, 15) is 0 Å². The van der Waals surface area contributed by atoms with Crippen molar-refractivity contribution in [3.8, 4) is 0 Å². The van der Waals surface area contributed by atoms with Gasteiger partial charge in [0.25, 0.3) is 0 Å². The zero-order valence-corrected chi connectivity index (χ0v) is 10.9. The van der Waals surface area contributed by atoms with Crippen molar-refractivity contribution in [1.29, 1.82) is 0 Å². The molecule has 0 aromatic carbocycles. The number of hydrogen-bond donors (Lipinski definition) is 1. The second-order valence-corrected chi connectivity index (χ2v) is 5.28. The maximum absolute atomic E-state index is 5.80. The molecule has 0 saturated carbocycles. The highest BCUT2D eigenvalue weighted by Crippen LogP contribution is 2.35. The van der Waals surface area contributed by atoms with Gasteiger partial charge in [0.05, 0.1) is 12.1 Å². The molecule has 1 aromatic rings. The van der Waals surface area contributed by atoms with E-state index in [-0.39, 0.29) is 6.10 Å². The van der Waals surface area contributed by atoms with Crippen LogP contribution in [0.5, 0.6) is 0 Å². The van der Waals surface area contributed by atoms with Crippen LogP contribution in [0.15, 0.2) is 0 Å². The topological polar surface area (TPSA) is 47.0 Å². The van der Waals surface area contributed by atoms with Crippen LogP contribution in [0.4, 0.5) is 0 Å². The summed E-state index contributed by atoms with van der Waals surface area (Å²) in [5.74, 6) is 0. The molecule has 1 aromatic heterocycles. The van der Waals surface area contributed by atoms with Crippen molar-refractivity contribution in [3.63, 3.8) is 0 Å². The van der Waals surface area contributed by atoms with Gasteiger partial charge in [0.2, 0.25) is 0 Å². The summed E-state index contributed by atoms with van der Waals surface area (Å²) in [6.07, 6.45) is 3.78. The molecule has 3 atom stereocenters. The molecular formula is C11H19N3OS. The van der Waals surface area contributed by atoms with Crippen LogP contribution in [-0.4, -0.2) is 23.3 Å². The van der Waals surface area contributed by atoms with E-state index in [1.165, 1.54) is 0 Å². The third-order valence-corrected chi connectivity index (χ3v) is 4.15. The minimum atomic E-state index is 0.176. The molecule has 90 valence electrons. The van der Waals surface area contributed by atoms with E-state index < -0.39 is 0 Å². The summed E-state index contributed by atoms with van der Waals surface area (Å²) in [5, 5.41) is 13.9. The second kappa shape index (κ2) is 5.21. The van der Waals surface area contributed by atoms with E-state index in [0.29, 0.717) is 12.1 Å². The summed E-state index contributed by atoms with van der Waals surface area (Å²) in [4.78, 5) is 0. The van der Waals surface area contributed by atoms with Crippen molar-refractivity contribution in [1.82, 2.24) is 15.5 Å². The minimum Gasteiger partial charge on any atom is -0.368 e. The maximum atomic E-state index is 5.80. The molecule has 0 bridgehead atoms.